The molecule has 0 bridgehead atoms. The van der Waals surface area contributed by atoms with Gasteiger partial charge in [-0.3, -0.25) is 0 Å². The van der Waals surface area contributed by atoms with Crippen LogP contribution in [0.3, 0.4) is 0 Å². The summed E-state index contributed by atoms with van der Waals surface area (Å²) in [6.45, 7) is 3.23. The van der Waals surface area contributed by atoms with E-state index in [4.69, 9.17) is 9.47 Å². The second-order valence-electron chi connectivity index (χ2n) is 12.3. The van der Waals surface area contributed by atoms with Gasteiger partial charge in [-0.25, -0.2) is 26.3 Å². The lowest BCUT2D eigenvalue weighted by Gasteiger charge is -2.32. The van der Waals surface area contributed by atoms with E-state index >= 15 is 13.2 Å². The average molecular weight is 669 g/mol. The fourth-order valence-corrected chi connectivity index (χ4v) is 6.13. The van der Waals surface area contributed by atoms with E-state index in [9.17, 15) is 22.0 Å². The Hall–Kier alpha value is -3.44. The maximum absolute atomic E-state index is 15.2. The van der Waals surface area contributed by atoms with Crippen LogP contribution in [0.4, 0.5) is 35.1 Å². The molecule has 3 aromatic carbocycles. The zero-order chi connectivity index (χ0) is 33.7. The van der Waals surface area contributed by atoms with Crippen molar-refractivity contribution in [3.05, 3.63) is 94.8 Å². The Bertz CT molecular complexity index is 1520. The fraction of sp³-hybridized carbons (Fsp3) is 0.444. The first-order chi connectivity index (χ1) is 22.5. The summed E-state index contributed by atoms with van der Waals surface area (Å²) in [6.07, 6.45) is -0.874. The highest BCUT2D eigenvalue weighted by atomic mass is 19.3. The topological polar surface area (TPSA) is 27.7 Å². The van der Waals surface area contributed by atoms with Crippen molar-refractivity contribution < 1.29 is 49.3 Å². The molecule has 1 saturated heterocycles. The highest BCUT2D eigenvalue weighted by Gasteiger charge is 2.45. The molecule has 0 N–H and O–H groups in total. The Morgan fingerprint density at radius 1 is 0.809 bits per heavy atom. The zero-order valence-corrected chi connectivity index (χ0v) is 25.8. The van der Waals surface area contributed by atoms with Crippen molar-refractivity contribution in [1.82, 2.24) is 0 Å². The smallest absolute Gasteiger partial charge is 0.400 e. The molecule has 0 atom stereocenters. The van der Waals surface area contributed by atoms with Gasteiger partial charge in [-0.15, -0.1) is 0 Å². The molecular formula is C36H36F8O3. The van der Waals surface area contributed by atoms with E-state index < -0.39 is 64.9 Å². The standard InChI is InChI=1S/C36H36F8O3/c1-2-3-4-5-21-19-45-35(46-20-21)25-12-15-28(29(37)16-25)22-6-8-23(9-7-22)32(40)33(41)24-10-13-26(14-11-24)36(43,44)47-27-17-30(38)34(42)31(39)18-27/h6-9,12,15-18,21,24,26,35H,2-5,10-11,13-14,19-20H2,1H3/b33-32+. The van der Waals surface area contributed by atoms with Gasteiger partial charge >= 0.3 is 6.11 Å². The van der Waals surface area contributed by atoms with Gasteiger partial charge in [0.05, 0.1) is 19.1 Å². The predicted molar refractivity (Wildman–Crippen MR) is 161 cm³/mol. The molecule has 47 heavy (non-hydrogen) atoms. The van der Waals surface area contributed by atoms with Gasteiger partial charge in [0.15, 0.2) is 29.6 Å². The molecule has 0 aromatic heterocycles. The lowest BCUT2D eigenvalue weighted by molar-refractivity contribution is -0.223. The van der Waals surface area contributed by atoms with Crippen LogP contribution in [0, 0.1) is 41.0 Å². The van der Waals surface area contributed by atoms with Crippen LogP contribution in [0.5, 0.6) is 5.75 Å². The fourth-order valence-electron chi connectivity index (χ4n) is 6.13. The second-order valence-corrected chi connectivity index (χ2v) is 12.3. The van der Waals surface area contributed by atoms with Crippen LogP contribution < -0.4 is 4.74 Å². The Kier molecular flexibility index (Phi) is 11.3. The summed E-state index contributed by atoms with van der Waals surface area (Å²) in [7, 11) is 0. The minimum atomic E-state index is -3.88. The highest BCUT2D eigenvalue weighted by Crippen LogP contribution is 2.44. The number of hydrogen-bond donors (Lipinski definition) is 0. The zero-order valence-electron chi connectivity index (χ0n) is 25.8. The molecule has 1 aliphatic heterocycles. The third-order valence-corrected chi connectivity index (χ3v) is 8.88. The van der Waals surface area contributed by atoms with Crippen LogP contribution in [0.25, 0.3) is 17.0 Å². The van der Waals surface area contributed by atoms with Crippen molar-refractivity contribution in [2.75, 3.05) is 13.2 Å². The maximum Gasteiger partial charge on any atom is 0.400 e. The summed E-state index contributed by atoms with van der Waals surface area (Å²) in [5.74, 6) is -10.9. The minimum absolute atomic E-state index is 0.0862. The maximum atomic E-state index is 15.2. The quantitative estimate of drug-likeness (QED) is 0.116. The molecule has 5 rings (SSSR count). The number of alkyl halides is 2. The lowest BCUT2D eigenvalue weighted by Crippen LogP contribution is -2.37. The summed E-state index contributed by atoms with van der Waals surface area (Å²) in [4.78, 5) is 0. The predicted octanol–water partition coefficient (Wildman–Crippen LogP) is 11.2. The molecule has 0 amide bonds. The molecule has 1 heterocycles. The van der Waals surface area contributed by atoms with Crippen molar-refractivity contribution in [2.24, 2.45) is 17.8 Å². The molecule has 1 saturated carbocycles. The van der Waals surface area contributed by atoms with Crippen LogP contribution in [-0.4, -0.2) is 19.3 Å². The van der Waals surface area contributed by atoms with Crippen LogP contribution in [0.1, 0.15) is 75.7 Å². The number of halogens is 8. The number of rotatable bonds is 11. The summed E-state index contributed by atoms with van der Waals surface area (Å²) < 4.78 is 131. The normalized spacial score (nSPS) is 22.6. The van der Waals surface area contributed by atoms with Crippen LogP contribution in [0.2, 0.25) is 0 Å². The Morgan fingerprint density at radius 3 is 2.04 bits per heavy atom. The number of unbranched alkanes of at least 4 members (excludes halogenated alkanes) is 2. The molecule has 11 heteroatoms. The summed E-state index contributed by atoms with van der Waals surface area (Å²) in [5, 5.41) is 0. The third-order valence-electron chi connectivity index (χ3n) is 8.88. The van der Waals surface area contributed by atoms with E-state index in [1.807, 2.05) is 0 Å². The van der Waals surface area contributed by atoms with E-state index in [2.05, 4.69) is 11.7 Å². The van der Waals surface area contributed by atoms with Crippen molar-refractivity contribution in [3.63, 3.8) is 0 Å². The van der Waals surface area contributed by atoms with Gasteiger partial charge in [-0.05, 0) is 43.7 Å². The highest BCUT2D eigenvalue weighted by molar-refractivity contribution is 5.69. The largest absolute Gasteiger partial charge is 0.432 e. The van der Waals surface area contributed by atoms with E-state index in [0.717, 1.165) is 25.7 Å². The van der Waals surface area contributed by atoms with E-state index in [1.54, 1.807) is 12.1 Å². The molecule has 3 nitrogen and oxygen atoms in total. The summed E-state index contributed by atoms with van der Waals surface area (Å²) in [6, 6.07) is 10.8. The van der Waals surface area contributed by atoms with Gasteiger partial charge in [0.1, 0.15) is 17.4 Å². The number of benzene rings is 3. The van der Waals surface area contributed by atoms with Crippen LogP contribution >= 0.6 is 0 Å². The van der Waals surface area contributed by atoms with Gasteiger partial charge in [-0.2, -0.15) is 8.78 Å². The molecule has 0 unspecified atom stereocenters. The molecule has 3 aromatic rings. The summed E-state index contributed by atoms with van der Waals surface area (Å²) in [5.41, 5.74) is 1.15. The van der Waals surface area contributed by atoms with Gasteiger partial charge in [0, 0.05) is 40.7 Å². The minimum Gasteiger partial charge on any atom is -0.432 e. The van der Waals surface area contributed by atoms with Crippen molar-refractivity contribution in [2.45, 2.75) is 70.7 Å². The number of hydrogen-bond acceptors (Lipinski definition) is 3. The average Bonchev–Trinajstić information content (AvgIpc) is 3.07. The third kappa shape index (κ3) is 8.35. The molecule has 0 spiro atoms. The van der Waals surface area contributed by atoms with Crippen LogP contribution in [-0.2, 0) is 9.47 Å². The molecule has 1 aliphatic carbocycles. The first-order valence-corrected chi connectivity index (χ1v) is 15.9. The van der Waals surface area contributed by atoms with E-state index in [0.29, 0.717) is 42.4 Å². The Balaban J connectivity index is 1.17. The first kappa shape index (κ1) is 34.9. The first-order valence-electron chi connectivity index (χ1n) is 15.9. The van der Waals surface area contributed by atoms with Gasteiger partial charge in [-0.1, -0.05) is 62.6 Å². The molecular weight excluding hydrogens is 632 g/mol. The Labute approximate surface area is 268 Å². The monoisotopic (exact) mass is 668 g/mol. The summed E-state index contributed by atoms with van der Waals surface area (Å²) >= 11 is 0. The van der Waals surface area contributed by atoms with Gasteiger partial charge < -0.3 is 14.2 Å². The van der Waals surface area contributed by atoms with Crippen LogP contribution in [0.15, 0.2) is 60.4 Å². The van der Waals surface area contributed by atoms with E-state index in [1.165, 1.54) is 30.3 Å². The second kappa shape index (κ2) is 15.2. The number of ether oxygens (including phenoxy) is 3. The molecule has 0 radical (unpaired) electrons. The molecule has 2 aliphatic rings. The van der Waals surface area contributed by atoms with Crippen molar-refractivity contribution in [1.29, 1.82) is 0 Å². The van der Waals surface area contributed by atoms with Crippen molar-refractivity contribution in [3.8, 4) is 16.9 Å². The van der Waals surface area contributed by atoms with Gasteiger partial charge in [0.2, 0.25) is 0 Å². The molecule has 254 valence electrons. The van der Waals surface area contributed by atoms with E-state index in [-0.39, 0.29) is 36.8 Å². The SMILES string of the molecule is CCCCCC1COC(c2ccc(-c3ccc(/C(F)=C(\F)C4CCC(C(F)(F)Oc5cc(F)c(F)c(F)c5)CC4)cc3)c(F)c2)OC1. The lowest BCUT2D eigenvalue weighted by atomic mass is 9.80. The molecule has 2 fully saturated rings. The number of allylic oxidation sites excluding steroid dienone is 1. The Morgan fingerprint density at radius 2 is 1.45 bits per heavy atom. The van der Waals surface area contributed by atoms with Crippen molar-refractivity contribution >= 4 is 5.83 Å². The van der Waals surface area contributed by atoms with Gasteiger partial charge in [0.25, 0.3) is 0 Å².